The number of carboxylic acid groups (broad SMARTS) is 1. The number of nitrogens with zero attached hydrogens (tertiary/aromatic N) is 4. The van der Waals surface area contributed by atoms with Crippen LogP contribution < -0.4 is 0 Å². The summed E-state index contributed by atoms with van der Waals surface area (Å²) in [6.45, 7) is 0.657. The summed E-state index contributed by atoms with van der Waals surface area (Å²) in [6, 6.07) is 7.45. The first-order valence-electron chi connectivity index (χ1n) is 7.78. The Hall–Kier alpha value is -3.23. The van der Waals surface area contributed by atoms with E-state index in [0.717, 1.165) is 0 Å². The van der Waals surface area contributed by atoms with Crippen LogP contribution in [0.3, 0.4) is 0 Å². The van der Waals surface area contributed by atoms with Gasteiger partial charge in [-0.25, -0.2) is 4.68 Å². The third-order valence-electron chi connectivity index (χ3n) is 4.17. The maximum absolute atomic E-state index is 12.5. The molecule has 9 heteroatoms. The van der Waals surface area contributed by atoms with E-state index in [1.165, 1.54) is 27.8 Å². The molecule has 0 bridgehead atoms. The van der Waals surface area contributed by atoms with Crippen molar-refractivity contribution in [2.75, 3.05) is 13.1 Å². The van der Waals surface area contributed by atoms with Crippen LogP contribution in [0.25, 0.3) is 5.69 Å². The van der Waals surface area contributed by atoms with Gasteiger partial charge in [0.15, 0.2) is 5.69 Å². The summed E-state index contributed by atoms with van der Waals surface area (Å²) in [7, 11) is 0. The molecule has 1 amide bonds. The number of aliphatic carboxylic acids is 1. The van der Waals surface area contributed by atoms with Gasteiger partial charge in [0.25, 0.3) is 11.6 Å². The van der Waals surface area contributed by atoms with Gasteiger partial charge >= 0.3 is 5.97 Å². The van der Waals surface area contributed by atoms with Crippen LogP contribution in [0.4, 0.5) is 5.69 Å². The van der Waals surface area contributed by atoms with Crippen molar-refractivity contribution in [3.63, 3.8) is 0 Å². The van der Waals surface area contributed by atoms with Crippen LogP contribution in [-0.4, -0.2) is 49.7 Å². The number of amides is 1. The van der Waals surface area contributed by atoms with Crippen molar-refractivity contribution in [2.24, 2.45) is 5.92 Å². The fourth-order valence-corrected chi connectivity index (χ4v) is 2.86. The van der Waals surface area contributed by atoms with Gasteiger partial charge in [-0.3, -0.25) is 19.7 Å². The van der Waals surface area contributed by atoms with Crippen LogP contribution in [0.5, 0.6) is 0 Å². The molecule has 0 saturated carbocycles. The number of benzene rings is 1. The monoisotopic (exact) mass is 344 g/mol. The molecule has 3 rings (SSSR count). The maximum Gasteiger partial charge on any atom is 0.308 e. The third-order valence-corrected chi connectivity index (χ3v) is 4.17. The van der Waals surface area contributed by atoms with Crippen molar-refractivity contribution in [1.29, 1.82) is 0 Å². The van der Waals surface area contributed by atoms with E-state index in [1.807, 2.05) is 0 Å². The highest BCUT2D eigenvalue weighted by Gasteiger charge is 2.29. The topological polar surface area (TPSA) is 119 Å². The van der Waals surface area contributed by atoms with Crippen LogP contribution in [0.15, 0.2) is 36.5 Å². The number of carboxylic acids is 1. The number of nitro benzene ring substituents is 1. The molecule has 1 aliphatic heterocycles. The van der Waals surface area contributed by atoms with Crippen LogP contribution in [0, 0.1) is 16.0 Å². The predicted molar refractivity (Wildman–Crippen MR) is 86.5 cm³/mol. The Morgan fingerprint density at radius 3 is 2.84 bits per heavy atom. The van der Waals surface area contributed by atoms with Crippen molar-refractivity contribution in [2.45, 2.75) is 12.8 Å². The fourth-order valence-electron chi connectivity index (χ4n) is 2.86. The van der Waals surface area contributed by atoms with Crippen molar-refractivity contribution < 1.29 is 19.6 Å². The fraction of sp³-hybridized carbons (Fsp3) is 0.312. The van der Waals surface area contributed by atoms with Crippen LogP contribution in [-0.2, 0) is 4.79 Å². The third kappa shape index (κ3) is 3.49. The minimum absolute atomic E-state index is 0.0683. The van der Waals surface area contributed by atoms with E-state index in [0.29, 0.717) is 25.1 Å². The first kappa shape index (κ1) is 16.6. The minimum Gasteiger partial charge on any atom is -0.481 e. The molecule has 0 radical (unpaired) electrons. The molecule has 9 nitrogen and oxygen atoms in total. The van der Waals surface area contributed by atoms with Crippen LogP contribution in [0.2, 0.25) is 0 Å². The van der Waals surface area contributed by atoms with E-state index in [9.17, 15) is 19.7 Å². The lowest BCUT2D eigenvalue weighted by Gasteiger charge is -2.30. The number of aromatic nitrogens is 2. The van der Waals surface area contributed by atoms with E-state index in [2.05, 4.69) is 5.10 Å². The molecule has 0 aliphatic carbocycles. The Morgan fingerprint density at radius 1 is 1.32 bits per heavy atom. The summed E-state index contributed by atoms with van der Waals surface area (Å²) in [5.41, 5.74) is 0.578. The van der Waals surface area contributed by atoms with Gasteiger partial charge in [-0.05, 0) is 25.0 Å². The molecule has 25 heavy (non-hydrogen) atoms. The average molecular weight is 344 g/mol. The van der Waals surface area contributed by atoms with Gasteiger partial charge < -0.3 is 10.0 Å². The molecule has 1 atom stereocenters. The summed E-state index contributed by atoms with van der Waals surface area (Å²) in [6.07, 6.45) is 2.74. The van der Waals surface area contributed by atoms with E-state index >= 15 is 0 Å². The number of non-ortho nitro benzene ring substituents is 1. The molecule has 1 aromatic heterocycles. The number of likely N-dealkylation sites (tertiary alicyclic amines) is 1. The molecular weight excluding hydrogens is 328 g/mol. The Bertz CT molecular complexity index is 831. The molecule has 1 aromatic carbocycles. The molecular formula is C16H16N4O5. The van der Waals surface area contributed by atoms with Gasteiger partial charge in [0.1, 0.15) is 0 Å². The van der Waals surface area contributed by atoms with Gasteiger partial charge in [-0.1, -0.05) is 6.07 Å². The second-order valence-corrected chi connectivity index (χ2v) is 5.85. The molecule has 0 spiro atoms. The molecule has 130 valence electrons. The second-order valence-electron chi connectivity index (χ2n) is 5.85. The normalized spacial score (nSPS) is 17.3. The summed E-state index contributed by atoms with van der Waals surface area (Å²) in [4.78, 5) is 35.5. The molecule has 1 saturated heterocycles. The highest BCUT2D eigenvalue weighted by molar-refractivity contribution is 5.92. The lowest BCUT2D eigenvalue weighted by molar-refractivity contribution is -0.384. The van der Waals surface area contributed by atoms with Gasteiger partial charge in [-0.15, -0.1) is 0 Å². The Kier molecular flexibility index (Phi) is 4.46. The molecule has 1 aliphatic rings. The number of carbonyl (C=O) groups is 2. The zero-order valence-corrected chi connectivity index (χ0v) is 13.2. The maximum atomic E-state index is 12.5. The molecule has 1 fully saturated rings. The summed E-state index contributed by atoms with van der Waals surface area (Å²) in [5, 5.41) is 24.2. The molecule has 1 unspecified atom stereocenters. The first-order valence-corrected chi connectivity index (χ1v) is 7.78. The summed E-state index contributed by atoms with van der Waals surface area (Å²) < 4.78 is 1.39. The van der Waals surface area contributed by atoms with E-state index in [-0.39, 0.29) is 23.8 Å². The van der Waals surface area contributed by atoms with Crippen molar-refractivity contribution in [3.05, 3.63) is 52.3 Å². The Labute approximate surface area is 142 Å². The smallest absolute Gasteiger partial charge is 0.308 e. The first-order chi connectivity index (χ1) is 12.0. The molecule has 2 heterocycles. The Balaban J connectivity index is 1.79. The van der Waals surface area contributed by atoms with Gasteiger partial charge in [-0.2, -0.15) is 5.10 Å². The van der Waals surface area contributed by atoms with Crippen molar-refractivity contribution in [3.8, 4) is 5.69 Å². The van der Waals surface area contributed by atoms with Crippen LogP contribution >= 0.6 is 0 Å². The molecule has 2 aromatic rings. The lowest BCUT2D eigenvalue weighted by Crippen LogP contribution is -2.42. The molecule has 1 N–H and O–H groups in total. The quantitative estimate of drug-likeness (QED) is 0.666. The highest BCUT2D eigenvalue weighted by Crippen LogP contribution is 2.20. The number of nitro groups is 1. The SMILES string of the molecule is O=C(O)C1CCCN(C(=O)c2ccn(-c3cccc([N+](=O)[O-])c3)n2)C1. The van der Waals surface area contributed by atoms with E-state index < -0.39 is 16.8 Å². The zero-order valence-electron chi connectivity index (χ0n) is 13.2. The number of hydrogen-bond acceptors (Lipinski definition) is 5. The predicted octanol–water partition coefficient (Wildman–Crippen LogP) is 1.72. The standard InChI is InChI=1S/C16H16N4O5/c21-15(18-7-2-3-11(10-18)16(22)23)14-6-8-19(17-14)12-4-1-5-13(9-12)20(24)25/h1,4-6,8-9,11H,2-3,7,10H2,(H,22,23). The van der Waals surface area contributed by atoms with E-state index in [1.54, 1.807) is 18.3 Å². The van der Waals surface area contributed by atoms with E-state index in [4.69, 9.17) is 5.11 Å². The summed E-state index contributed by atoms with van der Waals surface area (Å²) >= 11 is 0. The second kappa shape index (κ2) is 6.71. The highest BCUT2D eigenvalue weighted by atomic mass is 16.6. The number of rotatable bonds is 4. The minimum atomic E-state index is -0.903. The zero-order chi connectivity index (χ0) is 18.0. The summed E-state index contributed by atoms with van der Waals surface area (Å²) in [5.74, 6) is -1.80. The number of piperidine rings is 1. The van der Waals surface area contributed by atoms with Gasteiger partial charge in [0.2, 0.25) is 0 Å². The van der Waals surface area contributed by atoms with Gasteiger partial charge in [0, 0.05) is 31.4 Å². The van der Waals surface area contributed by atoms with Crippen molar-refractivity contribution in [1.82, 2.24) is 14.7 Å². The largest absolute Gasteiger partial charge is 0.481 e. The van der Waals surface area contributed by atoms with Gasteiger partial charge in [0.05, 0.1) is 16.5 Å². The number of hydrogen-bond donors (Lipinski definition) is 1. The lowest BCUT2D eigenvalue weighted by atomic mass is 9.98. The number of carbonyl (C=O) groups excluding carboxylic acids is 1. The average Bonchev–Trinajstić information content (AvgIpc) is 3.11. The van der Waals surface area contributed by atoms with Crippen molar-refractivity contribution >= 4 is 17.6 Å². The Morgan fingerprint density at radius 2 is 2.12 bits per heavy atom. The van der Waals surface area contributed by atoms with Crippen LogP contribution in [0.1, 0.15) is 23.3 Å².